The second-order valence-corrected chi connectivity index (χ2v) is 5.88. The summed E-state index contributed by atoms with van der Waals surface area (Å²) < 4.78 is 5.57. The normalized spacial score (nSPS) is 11.2. The van der Waals surface area contributed by atoms with E-state index in [4.69, 9.17) is 4.42 Å². The average molecular weight is 458 g/mol. The molecule has 2 aromatic rings. The Morgan fingerprint density at radius 2 is 1.80 bits per heavy atom. The van der Waals surface area contributed by atoms with Gasteiger partial charge in [-0.1, -0.05) is 12.1 Å². The summed E-state index contributed by atoms with van der Waals surface area (Å²) >= 11 is 0. The predicted octanol–water partition coefficient (Wildman–Crippen LogP) is 3.49. The summed E-state index contributed by atoms with van der Waals surface area (Å²) in [7, 11) is 0. The van der Waals surface area contributed by atoms with Crippen molar-refractivity contribution in [3.05, 3.63) is 46.2 Å². The smallest absolute Gasteiger partial charge is 0.214 e. The van der Waals surface area contributed by atoms with Crippen molar-refractivity contribution in [1.29, 1.82) is 0 Å². The maximum atomic E-state index is 9.85. The number of phenols is 1. The highest BCUT2D eigenvalue weighted by Crippen LogP contribution is 2.23. The van der Waals surface area contributed by atoms with Gasteiger partial charge >= 0.3 is 0 Å². The summed E-state index contributed by atoms with van der Waals surface area (Å²) in [5.41, 5.74) is 3.69. The monoisotopic (exact) mass is 458 g/mol. The average Bonchev–Trinajstić information content (AvgIpc) is 2.86. The van der Waals surface area contributed by atoms with Gasteiger partial charge in [0.2, 0.25) is 5.89 Å². The van der Waals surface area contributed by atoms with Gasteiger partial charge in [0, 0.05) is 6.54 Å². The Bertz CT molecular complexity index is 698. The Morgan fingerprint density at radius 1 is 1.16 bits per heavy atom. The summed E-state index contributed by atoms with van der Waals surface area (Å²) in [5, 5.41) is 16.3. The van der Waals surface area contributed by atoms with Gasteiger partial charge in [0.05, 0.1) is 18.8 Å². The Morgan fingerprint density at radius 3 is 2.32 bits per heavy atom. The topological polar surface area (TPSA) is 82.7 Å². The van der Waals surface area contributed by atoms with E-state index in [0.717, 1.165) is 34.7 Å². The summed E-state index contributed by atoms with van der Waals surface area (Å²) in [6.07, 6.45) is 0. The van der Waals surface area contributed by atoms with Gasteiger partial charge in [-0.05, 0) is 51.3 Å². The quantitative estimate of drug-likeness (QED) is 0.363. The third-order valence-electron chi connectivity index (χ3n) is 3.79. The molecule has 138 valence electrons. The number of aryl methyl sites for hydroxylation is 4. The molecule has 0 radical (unpaired) electrons. The van der Waals surface area contributed by atoms with Crippen molar-refractivity contribution < 1.29 is 9.52 Å². The lowest BCUT2D eigenvalue weighted by Gasteiger charge is -2.11. The SMILES string of the molecule is CCNC(=NCc1cc(C)c(O)c(C)c1)NCc1nc(C)c(C)o1.I. The first-order valence-electron chi connectivity index (χ1n) is 8.14. The van der Waals surface area contributed by atoms with E-state index in [1.54, 1.807) is 0 Å². The van der Waals surface area contributed by atoms with Gasteiger partial charge in [0.15, 0.2) is 5.96 Å². The van der Waals surface area contributed by atoms with E-state index >= 15 is 0 Å². The molecular weight excluding hydrogens is 431 g/mol. The molecule has 3 N–H and O–H groups in total. The van der Waals surface area contributed by atoms with Crippen LogP contribution in [0, 0.1) is 27.7 Å². The second-order valence-electron chi connectivity index (χ2n) is 5.88. The number of guanidine groups is 1. The maximum absolute atomic E-state index is 9.85. The Balaban J connectivity index is 0.00000312. The molecular formula is C18H27IN4O2. The molecule has 2 rings (SSSR count). The number of rotatable bonds is 5. The lowest BCUT2D eigenvalue weighted by Crippen LogP contribution is -2.36. The highest BCUT2D eigenvalue weighted by molar-refractivity contribution is 14.0. The highest BCUT2D eigenvalue weighted by atomic mass is 127. The van der Waals surface area contributed by atoms with Gasteiger partial charge in [-0.25, -0.2) is 9.98 Å². The van der Waals surface area contributed by atoms with Gasteiger partial charge in [0.25, 0.3) is 0 Å². The van der Waals surface area contributed by atoms with Crippen LogP contribution in [0.15, 0.2) is 21.5 Å². The minimum atomic E-state index is 0. The van der Waals surface area contributed by atoms with Crippen molar-refractivity contribution in [2.75, 3.05) is 6.54 Å². The van der Waals surface area contributed by atoms with Crippen LogP contribution in [0.3, 0.4) is 0 Å². The molecule has 0 saturated heterocycles. The zero-order valence-electron chi connectivity index (χ0n) is 15.4. The summed E-state index contributed by atoms with van der Waals surface area (Å²) in [5.74, 6) is 2.53. The Hall–Kier alpha value is -1.77. The largest absolute Gasteiger partial charge is 0.507 e. The number of oxazole rings is 1. The molecule has 0 bridgehead atoms. The van der Waals surface area contributed by atoms with Crippen molar-refractivity contribution in [2.24, 2.45) is 4.99 Å². The Labute approximate surface area is 166 Å². The molecule has 0 aliphatic heterocycles. The van der Waals surface area contributed by atoms with Gasteiger partial charge < -0.3 is 20.2 Å². The third kappa shape index (κ3) is 5.91. The van der Waals surface area contributed by atoms with Crippen LogP contribution in [0.5, 0.6) is 5.75 Å². The van der Waals surface area contributed by atoms with Gasteiger partial charge in [-0.2, -0.15) is 0 Å². The lowest BCUT2D eigenvalue weighted by atomic mass is 10.1. The van der Waals surface area contributed by atoms with Crippen LogP contribution in [0.4, 0.5) is 0 Å². The van der Waals surface area contributed by atoms with E-state index in [2.05, 4.69) is 20.6 Å². The molecule has 7 heteroatoms. The first-order valence-corrected chi connectivity index (χ1v) is 8.14. The number of aromatic hydroxyl groups is 1. The van der Waals surface area contributed by atoms with Crippen LogP contribution in [-0.2, 0) is 13.1 Å². The minimum Gasteiger partial charge on any atom is -0.507 e. The van der Waals surface area contributed by atoms with Gasteiger partial charge in [-0.15, -0.1) is 24.0 Å². The molecule has 0 saturated carbocycles. The molecule has 0 aliphatic carbocycles. The van der Waals surface area contributed by atoms with E-state index in [1.807, 2.05) is 46.8 Å². The van der Waals surface area contributed by atoms with Crippen LogP contribution in [0.2, 0.25) is 0 Å². The molecule has 0 fully saturated rings. The van der Waals surface area contributed by atoms with Crippen molar-refractivity contribution in [3.63, 3.8) is 0 Å². The molecule has 0 amide bonds. The maximum Gasteiger partial charge on any atom is 0.214 e. The predicted molar refractivity (Wildman–Crippen MR) is 111 cm³/mol. The van der Waals surface area contributed by atoms with Crippen LogP contribution >= 0.6 is 24.0 Å². The first kappa shape index (κ1) is 21.3. The van der Waals surface area contributed by atoms with E-state index in [1.165, 1.54) is 0 Å². The van der Waals surface area contributed by atoms with E-state index in [0.29, 0.717) is 30.7 Å². The number of aromatic nitrogens is 1. The fourth-order valence-electron chi connectivity index (χ4n) is 2.42. The van der Waals surface area contributed by atoms with Crippen LogP contribution in [0.1, 0.15) is 41.0 Å². The number of hydrogen-bond acceptors (Lipinski definition) is 4. The van der Waals surface area contributed by atoms with Crippen molar-refractivity contribution >= 4 is 29.9 Å². The van der Waals surface area contributed by atoms with Gasteiger partial charge in [0.1, 0.15) is 11.5 Å². The standard InChI is InChI=1S/C18H26N4O2.HI/c1-6-19-18(21-10-16-22-13(4)14(5)24-16)20-9-15-7-11(2)17(23)12(3)8-15;/h7-8,23H,6,9-10H2,1-5H3,(H2,19,20,21);1H. The fraction of sp³-hybridized carbons (Fsp3) is 0.444. The number of halogens is 1. The second kappa shape index (κ2) is 9.65. The summed E-state index contributed by atoms with van der Waals surface area (Å²) in [6.45, 7) is 11.4. The van der Waals surface area contributed by atoms with Crippen molar-refractivity contribution in [2.45, 2.75) is 47.7 Å². The van der Waals surface area contributed by atoms with Crippen molar-refractivity contribution in [1.82, 2.24) is 15.6 Å². The number of phenolic OH excluding ortho intramolecular Hbond substituents is 1. The molecule has 6 nitrogen and oxygen atoms in total. The molecule has 25 heavy (non-hydrogen) atoms. The van der Waals surface area contributed by atoms with Gasteiger partial charge in [-0.3, -0.25) is 0 Å². The van der Waals surface area contributed by atoms with E-state index in [9.17, 15) is 5.11 Å². The summed E-state index contributed by atoms with van der Waals surface area (Å²) in [4.78, 5) is 8.94. The first-order chi connectivity index (χ1) is 11.4. The lowest BCUT2D eigenvalue weighted by molar-refractivity contribution is 0.463. The number of aliphatic imine (C=N–C) groups is 1. The number of nitrogens with zero attached hydrogens (tertiary/aromatic N) is 2. The molecule has 1 aromatic carbocycles. The van der Waals surface area contributed by atoms with E-state index < -0.39 is 0 Å². The number of hydrogen-bond donors (Lipinski definition) is 3. The molecule has 0 aliphatic rings. The highest BCUT2D eigenvalue weighted by Gasteiger charge is 2.07. The molecule has 1 aromatic heterocycles. The zero-order chi connectivity index (χ0) is 17.7. The minimum absolute atomic E-state index is 0. The Kier molecular flexibility index (Phi) is 8.21. The van der Waals surface area contributed by atoms with Crippen molar-refractivity contribution in [3.8, 4) is 5.75 Å². The zero-order valence-corrected chi connectivity index (χ0v) is 17.8. The third-order valence-corrected chi connectivity index (χ3v) is 3.79. The molecule has 0 unspecified atom stereocenters. The number of nitrogens with one attached hydrogen (secondary N) is 2. The summed E-state index contributed by atoms with van der Waals surface area (Å²) in [6, 6.07) is 3.91. The van der Waals surface area contributed by atoms with E-state index in [-0.39, 0.29) is 24.0 Å². The van der Waals surface area contributed by atoms with Crippen LogP contribution < -0.4 is 10.6 Å². The van der Waals surface area contributed by atoms with Crippen LogP contribution in [0.25, 0.3) is 0 Å². The fourth-order valence-corrected chi connectivity index (χ4v) is 2.42. The molecule has 0 spiro atoms. The van der Waals surface area contributed by atoms with Crippen LogP contribution in [-0.4, -0.2) is 22.6 Å². The molecule has 1 heterocycles. The molecule has 0 atom stereocenters. The number of benzene rings is 1.